The van der Waals surface area contributed by atoms with E-state index in [4.69, 9.17) is 12.2 Å². The van der Waals surface area contributed by atoms with Crippen LogP contribution < -0.4 is 10.6 Å². The summed E-state index contributed by atoms with van der Waals surface area (Å²) in [5, 5.41) is 7.65. The lowest BCUT2D eigenvalue weighted by Gasteiger charge is -2.27. The fourth-order valence-corrected chi connectivity index (χ4v) is 3.40. The molecule has 2 N–H and O–H groups in total. The molecule has 0 radical (unpaired) electrons. The monoisotopic (exact) mass is 319 g/mol. The number of rotatable bonds is 7. The van der Waals surface area contributed by atoms with Gasteiger partial charge in [0.1, 0.15) is 0 Å². The van der Waals surface area contributed by atoms with Gasteiger partial charge in [-0.2, -0.15) is 0 Å². The van der Waals surface area contributed by atoms with Gasteiger partial charge in [0.15, 0.2) is 5.11 Å². The molecule has 1 aliphatic carbocycles. The number of fused-ring (bicyclic) bond motifs is 1. The SMILES string of the molecule is CCN(CC)CCCNC(=S)N[C@@H]1CCCc2ccccc21. The molecule has 0 amide bonds. The van der Waals surface area contributed by atoms with Crippen molar-refractivity contribution in [3.05, 3.63) is 35.4 Å². The minimum Gasteiger partial charge on any atom is -0.363 e. The molecule has 0 spiro atoms. The second-order valence-corrected chi connectivity index (χ2v) is 6.33. The Morgan fingerprint density at radius 3 is 2.82 bits per heavy atom. The maximum atomic E-state index is 5.46. The normalized spacial score (nSPS) is 17.1. The molecule has 0 saturated carbocycles. The second-order valence-electron chi connectivity index (χ2n) is 5.92. The number of benzene rings is 1. The standard InChI is InChI=1S/C18H29N3S/c1-3-21(4-2)14-8-13-19-18(22)20-17-12-7-10-15-9-5-6-11-16(15)17/h5-6,9,11,17H,3-4,7-8,10,12-14H2,1-2H3,(H2,19,20,22)/t17-/m1/s1. The van der Waals surface area contributed by atoms with Gasteiger partial charge >= 0.3 is 0 Å². The van der Waals surface area contributed by atoms with Crippen LogP contribution in [0.1, 0.15) is 50.3 Å². The summed E-state index contributed by atoms with van der Waals surface area (Å²) in [5.74, 6) is 0. The molecule has 0 aliphatic heterocycles. The molecule has 0 heterocycles. The van der Waals surface area contributed by atoms with Gasteiger partial charge in [-0.1, -0.05) is 38.1 Å². The van der Waals surface area contributed by atoms with Crippen molar-refractivity contribution in [2.45, 2.75) is 45.6 Å². The zero-order valence-corrected chi connectivity index (χ0v) is 14.7. The highest BCUT2D eigenvalue weighted by Gasteiger charge is 2.19. The minimum absolute atomic E-state index is 0.368. The first kappa shape index (κ1) is 17.2. The maximum Gasteiger partial charge on any atom is 0.166 e. The highest BCUT2D eigenvalue weighted by atomic mass is 32.1. The van der Waals surface area contributed by atoms with Gasteiger partial charge in [-0.25, -0.2) is 0 Å². The van der Waals surface area contributed by atoms with E-state index in [-0.39, 0.29) is 0 Å². The average molecular weight is 320 g/mol. The predicted octanol–water partition coefficient (Wildman–Crippen LogP) is 3.26. The van der Waals surface area contributed by atoms with Crippen LogP contribution in [0, 0.1) is 0 Å². The Balaban J connectivity index is 1.74. The van der Waals surface area contributed by atoms with Crippen molar-refractivity contribution in [1.82, 2.24) is 15.5 Å². The van der Waals surface area contributed by atoms with Crippen LogP contribution >= 0.6 is 12.2 Å². The lowest BCUT2D eigenvalue weighted by atomic mass is 9.88. The van der Waals surface area contributed by atoms with Gasteiger partial charge < -0.3 is 15.5 Å². The first-order valence-electron chi connectivity index (χ1n) is 8.59. The lowest BCUT2D eigenvalue weighted by molar-refractivity contribution is 0.300. The molecule has 2 rings (SSSR count). The van der Waals surface area contributed by atoms with E-state index in [1.807, 2.05) is 0 Å². The Labute approximate surface area is 140 Å². The summed E-state index contributed by atoms with van der Waals surface area (Å²) in [6.45, 7) is 8.75. The molecule has 0 saturated heterocycles. The number of thiocarbonyl (C=S) groups is 1. The molecule has 122 valence electrons. The van der Waals surface area contributed by atoms with Crippen LogP contribution in [0.4, 0.5) is 0 Å². The zero-order chi connectivity index (χ0) is 15.8. The lowest BCUT2D eigenvalue weighted by Crippen LogP contribution is -2.40. The molecule has 0 fully saturated rings. The van der Waals surface area contributed by atoms with Crippen LogP contribution in [0.15, 0.2) is 24.3 Å². The van der Waals surface area contributed by atoms with Crippen molar-refractivity contribution in [1.29, 1.82) is 0 Å². The molecule has 0 aromatic heterocycles. The van der Waals surface area contributed by atoms with Crippen LogP contribution in [0.25, 0.3) is 0 Å². The van der Waals surface area contributed by atoms with Crippen LogP contribution in [0.5, 0.6) is 0 Å². The van der Waals surface area contributed by atoms with Gasteiger partial charge in [-0.05, 0) is 68.7 Å². The first-order chi connectivity index (χ1) is 10.7. The van der Waals surface area contributed by atoms with E-state index < -0.39 is 0 Å². The van der Waals surface area contributed by atoms with E-state index in [2.05, 4.69) is 53.6 Å². The van der Waals surface area contributed by atoms with E-state index in [0.717, 1.165) is 44.1 Å². The number of nitrogens with zero attached hydrogens (tertiary/aromatic N) is 1. The first-order valence-corrected chi connectivity index (χ1v) is 9.00. The third-order valence-corrected chi connectivity index (χ3v) is 4.77. The largest absolute Gasteiger partial charge is 0.363 e. The summed E-state index contributed by atoms with van der Waals surface area (Å²) in [6, 6.07) is 9.09. The van der Waals surface area contributed by atoms with Crippen molar-refractivity contribution in [3.8, 4) is 0 Å². The number of hydrogen-bond acceptors (Lipinski definition) is 2. The van der Waals surface area contributed by atoms with Gasteiger partial charge in [-0.3, -0.25) is 0 Å². The van der Waals surface area contributed by atoms with E-state index in [1.165, 1.54) is 24.0 Å². The van der Waals surface area contributed by atoms with Gasteiger partial charge in [0.2, 0.25) is 0 Å². The van der Waals surface area contributed by atoms with E-state index in [0.29, 0.717) is 6.04 Å². The Kier molecular flexibility index (Phi) is 7.13. The van der Waals surface area contributed by atoms with Gasteiger partial charge in [0.05, 0.1) is 6.04 Å². The highest BCUT2D eigenvalue weighted by Crippen LogP contribution is 2.29. The van der Waals surface area contributed by atoms with Crippen molar-refractivity contribution >= 4 is 17.3 Å². The molecule has 0 bridgehead atoms. The fraction of sp³-hybridized carbons (Fsp3) is 0.611. The summed E-state index contributed by atoms with van der Waals surface area (Å²) in [7, 11) is 0. The third kappa shape index (κ3) is 4.96. The summed E-state index contributed by atoms with van der Waals surface area (Å²) in [4.78, 5) is 2.44. The maximum absolute atomic E-state index is 5.46. The molecule has 0 unspecified atom stereocenters. The van der Waals surface area contributed by atoms with E-state index in [1.54, 1.807) is 0 Å². The summed E-state index contributed by atoms with van der Waals surface area (Å²) < 4.78 is 0. The van der Waals surface area contributed by atoms with Crippen LogP contribution in [-0.2, 0) is 6.42 Å². The zero-order valence-electron chi connectivity index (χ0n) is 13.9. The summed E-state index contributed by atoms with van der Waals surface area (Å²) in [5.41, 5.74) is 2.89. The van der Waals surface area contributed by atoms with E-state index >= 15 is 0 Å². The Morgan fingerprint density at radius 2 is 2.05 bits per heavy atom. The number of aryl methyl sites for hydroxylation is 1. The second kappa shape index (κ2) is 9.11. The van der Waals surface area contributed by atoms with Crippen LogP contribution in [0.3, 0.4) is 0 Å². The number of hydrogen-bond donors (Lipinski definition) is 2. The minimum atomic E-state index is 0.368. The molecule has 22 heavy (non-hydrogen) atoms. The molecular weight excluding hydrogens is 290 g/mol. The molecule has 1 aliphatic rings. The summed E-state index contributed by atoms with van der Waals surface area (Å²) >= 11 is 5.46. The van der Waals surface area contributed by atoms with Crippen LogP contribution in [-0.4, -0.2) is 36.2 Å². The van der Waals surface area contributed by atoms with Gasteiger partial charge in [0, 0.05) is 6.54 Å². The van der Waals surface area contributed by atoms with Crippen LogP contribution in [0.2, 0.25) is 0 Å². The van der Waals surface area contributed by atoms with E-state index in [9.17, 15) is 0 Å². The van der Waals surface area contributed by atoms with Gasteiger partial charge in [0.25, 0.3) is 0 Å². The molecule has 1 aromatic carbocycles. The predicted molar refractivity (Wildman–Crippen MR) is 98.3 cm³/mol. The van der Waals surface area contributed by atoms with Crippen molar-refractivity contribution < 1.29 is 0 Å². The topological polar surface area (TPSA) is 27.3 Å². The summed E-state index contributed by atoms with van der Waals surface area (Å²) in [6.07, 6.45) is 4.72. The van der Waals surface area contributed by atoms with Crippen molar-refractivity contribution in [2.24, 2.45) is 0 Å². The molecule has 1 aromatic rings. The molecular formula is C18H29N3S. The van der Waals surface area contributed by atoms with Crippen molar-refractivity contribution in [3.63, 3.8) is 0 Å². The van der Waals surface area contributed by atoms with Crippen molar-refractivity contribution in [2.75, 3.05) is 26.2 Å². The smallest absolute Gasteiger partial charge is 0.166 e. The Hall–Kier alpha value is -1.13. The Morgan fingerprint density at radius 1 is 1.27 bits per heavy atom. The average Bonchev–Trinajstić information content (AvgIpc) is 2.55. The quantitative estimate of drug-likeness (QED) is 0.596. The Bertz CT molecular complexity index is 471. The number of nitrogens with one attached hydrogen (secondary N) is 2. The van der Waals surface area contributed by atoms with Gasteiger partial charge in [-0.15, -0.1) is 0 Å². The molecule has 3 nitrogen and oxygen atoms in total. The molecule has 4 heteroatoms. The highest BCUT2D eigenvalue weighted by molar-refractivity contribution is 7.80. The third-order valence-electron chi connectivity index (χ3n) is 4.51. The molecule has 1 atom stereocenters. The fourth-order valence-electron chi connectivity index (χ4n) is 3.16.